The zero-order valence-corrected chi connectivity index (χ0v) is 13.3. The van der Waals surface area contributed by atoms with Gasteiger partial charge in [0.15, 0.2) is 10.8 Å². The van der Waals surface area contributed by atoms with Crippen molar-refractivity contribution in [1.82, 2.24) is 15.6 Å². The van der Waals surface area contributed by atoms with Crippen LogP contribution < -0.4 is 10.6 Å². The van der Waals surface area contributed by atoms with Gasteiger partial charge >= 0.3 is 0 Å². The number of amides is 1. The Balaban J connectivity index is 1.53. The van der Waals surface area contributed by atoms with Crippen molar-refractivity contribution < 1.29 is 9.21 Å². The molecular weight excluding hydrogens is 298 g/mol. The number of furan rings is 1. The van der Waals surface area contributed by atoms with Crippen molar-refractivity contribution in [2.75, 3.05) is 19.6 Å². The second kappa shape index (κ2) is 6.89. The summed E-state index contributed by atoms with van der Waals surface area (Å²) in [5.74, 6) is 1.63. The highest BCUT2D eigenvalue weighted by atomic mass is 32.1. The molecule has 0 bridgehead atoms. The normalized spacial score (nSPS) is 14.7. The van der Waals surface area contributed by atoms with Crippen LogP contribution in [-0.2, 0) is 11.2 Å². The molecule has 22 heavy (non-hydrogen) atoms. The number of carbonyl (C=O) groups is 1. The summed E-state index contributed by atoms with van der Waals surface area (Å²) in [6.45, 7) is 4.42. The minimum Gasteiger partial charge on any atom is -0.459 e. The summed E-state index contributed by atoms with van der Waals surface area (Å²) in [5, 5.41) is 8.95. The molecule has 2 aromatic heterocycles. The monoisotopic (exact) mass is 317 g/mol. The maximum atomic E-state index is 12.0. The zero-order valence-electron chi connectivity index (χ0n) is 12.5. The van der Waals surface area contributed by atoms with Crippen molar-refractivity contribution in [2.24, 2.45) is 0 Å². The molecule has 1 amide bonds. The van der Waals surface area contributed by atoms with Crippen LogP contribution in [0.1, 0.15) is 17.9 Å². The van der Waals surface area contributed by atoms with Crippen LogP contribution >= 0.6 is 11.3 Å². The second-order valence-corrected chi connectivity index (χ2v) is 6.18. The van der Waals surface area contributed by atoms with E-state index < -0.39 is 0 Å². The van der Waals surface area contributed by atoms with Gasteiger partial charge in [-0.15, -0.1) is 11.3 Å². The average molecular weight is 317 g/mol. The smallest absolute Gasteiger partial charge is 0.226 e. The first kappa shape index (κ1) is 15.0. The number of aryl methyl sites for hydroxylation is 1. The highest BCUT2D eigenvalue weighted by Gasteiger charge is 2.12. The van der Waals surface area contributed by atoms with Gasteiger partial charge in [-0.05, 0) is 32.0 Å². The SMILES string of the molecule is Cc1ccc(-c2nc(CC(=O)NCC3=CCNCC3)cs2)o1. The number of nitrogens with one attached hydrogen (secondary N) is 2. The van der Waals surface area contributed by atoms with Gasteiger partial charge in [0.05, 0.1) is 12.1 Å². The van der Waals surface area contributed by atoms with E-state index in [4.69, 9.17) is 4.42 Å². The average Bonchev–Trinajstić information content (AvgIpc) is 3.15. The minimum absolute atomic E-state index is 0.00640. The van der Waals surface area contributed by atoms with Gasteiger partial charge in [-0.1, -0.05) is 11.6 Å². The first-order chi connectivity index (χ1) is 10.7. The topological polar surface area (TPSA) is 67.2 Å². The predicted molar refractivity (Wildman–Crippen MR) is 86.8 cm³/mol. The molecule has 2 aromatic rings. The van der Waals surface area contributed by atoms with Crippen molar-refractivity contribution in [3.8, 4) is 10.8 Å². The number of nitrogens with zero attached hydrogens (tertiary/aromatic N) is 1. The molecule has 0 unspecified atom stereocenters. The van der Waals surface area contributed by atoms with E-state index in [1.807, 2.05) is 24.4 Å². The zero-order chi connectivity index (χ0) is 15.4. The van der Waals surface area contributed by atoms with Crippen LogP contribution in [0.3, 0.4) is 0 Å². The van der Waals surface area contributed by atoms with Gasteiger partial charge in [0.1, 0.15) is 5.76 Å². The highest BCUT2D eigenvalue weighted by molar-refractivity contribution is 7.13. The molecular formula is C16H19N3O2S. The van der Waals surface area contributed by atoms with E-state index in [9.17, 15) is 4.79 Å². The van der Waals surface area contributed by atoms with E-state index in [0.717, 1.165) is 41.7 Å². The Morgan fingerprint density at radius 2 is 2.41 bits per heavy atom. The van der Waals surface area contributed by atoms with E-state index in [1.54, 1.807) is 0 Å². The summed E-state index contributed by atoms with van der Waals surface area (Å²) in [4.78, 5) is 16.5. The molecule has 116 valence electrons. The Bertz CT molecular complexity index is 687. The maximum Gasteiger partial charge on any atom is 0.226 e. The van der Waals surface area contributed by atoms with Crippen LogP contribution in [0.2, 0.25) is 0 Å². The second-order valence-electron chi connectivity index (χ2n) is 5.32. The maximum absolute atomic E-state index is 12.0. The lowest BCUT2D eigenvalue weighted by Crippen LogP contribution is -2.30. The van der Waals surface area contributed by atoms with Gasteiger partial charge in [-0.3, -0.25) is 4.79 Å². The third-order valence-corrected chi connectivity index (χ3v) is 4.42. The summed E-state index contributed by atoms with van der Waals surface area (Å²) >= 11 is 1.50. The molecule has 0 fully saturated rings. The third kappa shape index (κ3) is 3.84. The molecule has 0 spiro atoms. The van der Waals surface area contributed by atoms with Gasteiger partial charge in [0.25, 0.3) is 0 Å². The van der Waals surface area contributed by atoms with Crippen LogP contribution in [0, 0.1) is 6.92 Å². The molecule has 5 nitrogen and oxygen atoms in total. The molecule has 0 aromatic carbocycles. The van der Waals surface area contributed by atoms with Crippen molar-refractivity contribution in [1.29, 1.82) is 0 Å². The largest absolute Gasteiger partial charge is 0.459 e. The molecule has 1 aliphatic rings. The summed E-state index contributed by atoms with van der Waals surface area (Å²) in [5.41, 5.74) is 2.07. The first-order valence-corrected chi connectivity index (χ1v) is 8.25. The molecule has 0 saturated heterocycles. The van der Waals surface area contributed by atoms with E-state index in [1.165, 1.54) is 16.9 Å². The Morgan fingerprint density at radius 1 is 1.50 bits per heavy atom. The summed E-state index contributed by atoms with van der Waals surface area (Å²) < 4.78 is 5.55. The molecule has 0 atom stereocenters. The minimum atomic E-state index is 0.00640. The van der Waals surface area contributed by atoms with Gasteiger partial charge in [0.2, 0.25) is 5.91 Å². The predicted octanol–water partition coefficient (Wildman–Crippen LogP) is 2.29. The van der Waals surface area contributed by atoms with Crippen LogP contribution in [-0.4, -0.2) is 30.5 Å². The van der Waals surface area contributed by atoms with E-state index >= 15 is 0 Å². The van der Waals surface area contributed by atoms with Crippen LogP contribution in [0.5, 0.6) is 0 Å². The molecule has 0 radical (unpaired) electrons. The first-order valence-electron chi connectivity index (χ1n) is 7.37. The summed E-state index contributed by atoms with van der Waals surface area (Å²) in [7, 11) is 0. The fourth-order valence-corrected chi connectivity index (χ4v) is 3.10. The lowest BCUT2D eigenvalue weighted by atomic mass is 10.1. The standard InChI is InChI=1S/C16H19N3O2S/c1-11-2-3-14(21-11)16-19-13(10-22-16)8-15(20)18-9-12-4-6-17-7-5-12/h2-4,10,17H,5-9H2,1H3,(H,18,20). The Hall–Kier alpha value is -1.92. The number of rotatable bonds is 5. The Kier molecular flexibility index (Phi) is 4.70. The number of hydrogen-bond acceptors (Lipinski definition) is 5. The number of aromatic nitrogens is 1. The number of carbonyl (C=O) groups excluding carboxylic acids is 1. The van der Waals surface area contributed by atoms with Crippen molar-refractivity contribution in [3.63, 3.8) is 0 Å². The Labute approximate surface area is 133 Å². The number of hydrogen-bond donors (Lipinski definition) is 2. The Morgan fingerprint density at radius 3 is 3.14 bits per heavy atom. The summed E-state index contributed by atoms with van der Waals surface area (Å²) in [6, 6.07) is 3.82. The van der Waals surface area contributed by atoms with Crippen molar-refractivity contribution >= 4 is 17.2 Å². The molecule has 3 heterocycles. The van der Waals surface area contributed by atoms with E-state index in [0.29, 0.717) is 13.0 Å². The third-order valence-electron chi connectivity index (χ3n) is 3.52. The molecule has 2 N–H and O–H groups in total. The molecule has 3 rings (SSSR count). The van der Waals surface area contributed by atoms with Crippen molar-refractivity contribution in [2.45, 2.75) is 19.8 Å². The van der Waals surface area contributed by atoms with E-state index in [-0.39, 0.29) is 5.91 Å². The van der Waals surface area contributed by atoms with Gasteiger partial charge in [-0.2, -0.15) is 0 Å². The van der Waals surface area contributed by atoms with Gasteiger partial charge < -0.3 is 15.1 Å². The van der Waals surface area contributed by atoms with Crippen LogP contribution in [0.25, 0.3) is 10.8 Å². The molecule has 0 aliphatic carbocycles. The lowest BCUT2D eigenvalue weighted by Gasteiger charge is -2.14. The fourth-order valence-electron chi connectivity index (χ4n) is 2.32. The van der Waals surface area contributed by atoms with Crippen LogP contribution in [0.4, 0.5) is 0 Å². The van der Waals surface area contributed by atoms with Crippen LogP contribution in [0.15, 0.2) is 33.6 Å². The molecule has 1 aliphatic heterocycles. The van der Waals surface area contributed by atoms with Gasteiger partial charge in [-0.25, -0.2) is 4.98 Å². The van der Waals surface area contributed by atoms with Crippen molar-refractivity contribution in [3.05, 3.63) is 40.6 Å². The lowest BCUT2D eigenvalue weighted by molar-refractivity contribution is -0.120. The summed E-state index contributed by atoms with van der Waals surface area (Å²) in [6.07, 6.45) is 3.45. The quantitative estimate of drug-likeness (QED) is 0.830. The fraction of sp³-hybridized carbons (Fsp3) is 0.375. The molecule has 6 heteroatoms. The van der Waals surface area contributed by atoms with Gasteiger partial charge in [0, 0.05) is 18.5 Å². The number of thiazole rings is 1. The van der Waals surface area contributed by atoms with E-state index in [2.05, 4.69) is 21.7 Å². The highest BCUT2D eigenvalue weighted by Crippen LogP contribution is 2.25. The molecule has 0 saturated carbocycles.